The Morgan fingerprint density at radius 2 is 2.19 bits per heavy atom. The summed E-state index contributed by atoms with van der Waals surface area (Å²) in [6, 6.07) is 1.98. The lowest BCUT2D eigenvalue weighted by atomic mass is 10.3. The third-order valence-electron chi connectivity index (χ3n) is 2.56. The highest BCUT2D eigenvalue weighted by atomic mass is 15.4. The smallest absolute Gasteiger partial charge is 0.271 e. The van der Waals surface area contributed by atoms with Gasteiger partial charge in [-0.1, -0.05) is 4.98 Å². The van der Waals surface area contributed by atoms with Gasteiger partial charge in [0.2, 0.25) is 0 Å². The maximum atomic E-state index is 4.43. The fraction of sp³-hybridized carbons (Fsp3) is 0.273. The van der Waals surface area contributed by atoms with Crippen molar-refractivity contribution in [3.63, 3.8) is 0 Å². The molecule has 0 bridgehead atoms. The van der Waals surface area contributed by atoms with Crippen LogP contribution in [0.25, 0.3) is 0 Å². The Morgan fingerprint density at radius 3 is 3.06 bits per heavy atom. The van der Waals surface area contributed by atoms with E-state index in [1.165, 1.54) is 0 Å². The molecular formula is C11H12N5+. The normalized spacial score (nSPS) is 17.5. The maximum absolute atomic E-state index is 4.43. The molecule has 2 aliphatic rings. The van der Waals surface area contributed by atoms with Crippen LogP contribution < -0.4 is 4.57 Å². The number of fused-ring (bicyclic) bond motifs is 2. The number of allylic oxidation sites excluding steroid dienone is 1. The molecule has 0 spiro atoms. The van der Waals surface area contributed by atoms with Gasteiger partial charge in [0.15, 0.2) is 6.67 Å². The predicted octanol–water partition coefficient (Wildman–Crippen LogP) is 0.926. The van der Waals surface area contributed by atoms with Gasteiger partial charge < -0.3 is 0 Å². The van der Waals surface area contributed by atoms with E-state index in [0.717, 1.165) is 23.3 Å². The van der Waals surface area contributed by atoms with Gasteiger partial charge in [0.05, 0.1) is 6.20 Å². The van der Waals surface area contributed by atoms with Gasteiger partial charge in [-0.25, -0.2) is 9.56 Å². The quantitative estimate of drug-likeness (QED) is 0.603. The fourth-order valence-corrected chi connectivity index (χ4v) is 1.70. The van der Waals surface area contributed by atoms with Crippen molar-refractivity contribution < 1.29 is 4.57 Å². The molecule has 3 heterocycles. The van der Waals surface area contributed by atoms with E-state index in [0.29, 0.717) is 6.67 Å². The topological polar surface area (TPSA) is 44.7 Å². The predicted molar refractivity (Wildman–Crippen MR) is 60.4 cm³/mol. The summed E-state index contributed by atoms with van der Waals surface area (Å²) in [5.74, 6) is 1.44. The first-order valence-electron chi connectivity index (χ1n) is 5.18. The molecule has 80 valence electrons. The largest absolute Gasteiger partial charge is 0.438 e. The molecule has 0 aromatic carbocycles. The van der Waals surface area contributed by atoms with Crippen LogP contribution in [-0.2, 0) is 6.67 Å². The van der Waals surface area contributed by atoms with Crippen LogP contribution in [0.15, 0.2) is 34.5 Å². The van der Waals surface area contributed by atoms with Crippen molar-refractivity contribution in [3.05, 3.63) is 30.2 Å². The van der Waals surface area contributed by atoms with Gasteiger partial charge in [0, 0.05) is 18.0 Å². The van der Waals surface area contributed by atoms with Gasteiger partial charge >= 0.3 is 11.9 Å². The zero-order chi connectivity index (χ0) is 11.1. The van der Waals surface area contributed by atoms with E-state index in [-0.39, 0.29) is 0 Å². The second-order valence-corrected chi connectivity index (χ2v) is 3.93. The zero-order valence-corrected chi connectivity index (χ0v) is 9.25. The Bertz CT molecular complexity index is 541. The van der Waals surface area contributed by atoms with Crippen LogP contribution in [0.5, 0.6) is 0 Å². The molecule has 0 aliphatic carbocycles. The van der Waals surface area contributed by atoms with Gasteiger partial charge in [0.25, 0.3) is 0 Å². The number of hydrogen-bond donors (Lipinski definition) is 0. The number of aromatic nitrogens is 2. The van der Waals surface area contributed by atoms with Crippen molar-refractivity contribution in [1.29, 1.82) is 0 Å². The Morgan fingerprint density at radius 1 is 1.31 bits per heavy atom. The van der Waals surface area contributed by atoms with Crippen LogP contribution in [-0.4, -0.2) is 21.6 Å². The van der Waals surface area contributed by atoms with E-state index in [2.05, 4.69) is 15.0 Å². The standard InChI is InChI=1S/C11H12N5/c1-8-3-5-15-7-16-6-4-9(2)13-11(16)14-10(15)12-8/h3-6H,7H2,1-2H3/q+1. The Hall–Kier alpha value is -2.04. The molecular weight excluding hydrogens is 202 g/mol. The van der Waals surface area contributed by atoms with Crippen LogP contribution in [0.2, 0.25) is 0 Å². The van der Waals surface area contributed by atoms with Crippen molar-refractivity contribution in [2.75, 3.05) is 0 Å². The first-order valence-corrected chi connectivity index (χ1v) is 5.18. The van der Waals surface area contributed by atoms with E-state index < -0.39 is 0 Å². The first-order chi connectivity index (χ1) is 7.72. The van der Waals surface area contributed by atoms with Gasteiger partial charge in [-0.15, -0.1) is 0 Å². The van der Waals surface area contributed by atoms with E-state index in [1.54, 1.807) is 0 Å². The Labute approximate surface area is 93.5 Å². The summed E-state index contributed by atoms with van der Waals surface area (Å²) in [6.07, 6.45) is 5.97. The van der Waals surface area contributed by atoms with Gasteiger partial charge in [-0.2, -0.15) is 0 Å². The second-order valence-electron chi connectivity index (χ2n) is 3.93. The van der Waals surface area contributed by atoms with Crippen LogP contribution in [0, 0.1) is 6.92 Å². The average Bonchev–Trinajstić information content (AvgIpc) is 2.26. The number of aryl methyl sites for hydroxylation is 1. The van der Waals surface area contributed by atoms with Crippen LogP contribution >= 0.6 is 0 Å². The number of hydrogen-bond acceptors (Lipinski definition) is 4. The molecule has 16 heavy (non-hydrogen) atoms. The average molecular weight is 214 g/mol. The molecule has 0 amide bonds. The van der Waals surface area contributed by atoms with Crippen molar-refractivity contribution in [3.8, 4) is 0 Å². The van der Waals surface area contributed by atoms with Crippen LogP contribution in [0.4, 0.5) is 5.95 Å². The maximum Gasteiger partial charge on any atom is 0.438 e. The van der Waals surface area contributed by atoms with Crippen LogP contribution in [0.3, 0.4) is 0 Å². The van der Waals surface area contributed by atoms with Crippen molar-refractivity contribution >= 4 is 17.6 Å². The fourth-order valence-electron chi connectivity index (χ4n) is 1.70. The lowest BCUT2D eigenvalue weighted by molar-refractivity contribution is -0.702. The van der Waals surface area contributed by atoms with Gasteiger partial charge in [-0.05, 0) is 24.9 Å². The summed E-state index contributed by atoms with van der Waals surface area (Å²) in [6.45, 7) is 4.64. The van der Waals surface area contributed by atoms with E-state index in [1.807, 2.05) is 47.9 Å². The highest BCUT2D eigenvalue weighted by molar-refractivity contribution is 6.04. The third kappa shape index (κ3) is 1.41. The Balaban J connectivity index is 2.11. The second kappa shape index (κ2) is 3.23. The minimum atomic E-state index is 0.717. The number of guanidine groups is 1. The summed E-state index contributed by atoms with van der Waals surface area (Å²) in [4.78, 5) is 15.2. The first kappa shape index (κ1) is 9.21. The zero-order valence-electron chi connectivity index (χ0n) is 9.25. The molecule has 0 saturated carbocycles. The van der Waals surface area contributed by atoms with Crippen molar-refractivity contribution in [2.45, 2.75) is 20.5 Å². The van der Waals surface area contributed by atoms with Crippen molar-refractivity contribution in [2.24, 2.45) is 9.98 Å². The summed E-state index contributed by atoms with van der Waals surface area (Å²) >= 11 is 0. The molecule has 0 saturated heterocycles. The summed E-state index contributed by atoms with van der Waals surface area (Å²) < 4.78 is 2.00. The molecule has 0 atom stereocenters. The number of nitrogens with zero attached hydrogens (tertiary/aromatic N) is 5. The molecule has 2 aliphatic heterocycles. The molecule has 0 unspecified atom stereocenters. The molecule has 0 radical (unpaired) electrons. The molecule has 1 aromatic heterocycles. The SMILES string of the molecule is CC1=NC2=Nc3nc(C)cc[n+]3CN2C=C1. The van der Waals surface area contributed by atoms with Gasteiger partial charge in [-0.3, -0.25) is 4.90 Å². The molecule has 0 fully saturated rings. The minimum absolute atomic E-state index is 0.717. The van der Waals surface area contributed by atoms with Crippen LogP contribution in [0.1, 0.15) is 12.6 Å². The molecule has 0 N–H and O–H groups in total. The lowest BCUT2D eigenvalue weighted by Gasteiger charge is -2.22. The highest BCUT2D eigenvalue weighted by Gasteiger charge is 2.27. The highest BCUT2D eigenvalue weighted by Crippen LogP contribution is 2.13. The number of aliphatic imine (C=N–C) groups is 2. The summed E-state index contributed by atoms with van der Waals surface area (Å²) in [7, 11) is 0. The van der Waals surface area contributed by atoms with Gasteiger partial charge in [0.1, 0.15) is 5.69 Å². The van der Waals surface area contributed by atoms with E-state index >= 15 is 0 Å². The lowest BCUT2D eigenvalue weighted by Crippen LogP contribution is -2.48. The molecule has 5 heteroatoms. The molecule has 1 aromatic rings. The molecule has 3 rings (SSSR count). The van der Waals surface area contributed by atoms with E-state index in [4.69, 9.17) is 0 Å². The minimum Gasteiger partial charge on any atom is -0.271 e. The molecule has 5 nitrogen and oxygen atoms in total. The third-order valence-corrected chi connectivity index (χ3v) is 2.56. The number of rotatable bonds is 0. The summed E-state index contributed by atoms with van der Waals surface area (Å²) in [5.41, 5.74) is 1.94. The van der Waals surface area contributed by atoms with Crippen molar-refractivity contribution in [1.82, 2.24) is 9.88 Å². The summed E-state index contributed by atoms with van der Waals surface area (Å²) in [5, 5.41) is 0. The monoisotopic (exact) mass is 214 g/mol. The van der Waals surface area contributed by atoms with E-state index in [9.17, 15) is 0 Å². The Kier molecular flexibility index (Phi) is 1.86.